The lowest BCUT2D eigenvalue weighted by Gasteiger charge is -2.12. The van der Waals surface area contributed by atoms with E-state index in [2.05, 4.69) is 10.4 Å². The zero-order chi connectivity index (χ0) is 20.3. The molecule has 0 radical (unpaired) electrons. The van der Waals surface area contributed by atoms with Crippen molar-refractivity contribution in [3.8, 4) is 11.5 Å². The van der Waals surface area contributed by atoms with Crippen LogP contribution in [-0.2, 0) is 11.3 Å². The number of hydrogen-bond acceptors (Lipinski definition) is 5. The predicted octanol–water partition coefficient (Wildman–Crippen LogP) is 4.49. The summed E-state index contributed by atoms with van der Waals surface area (Å²) in [6, 6.07) is 9.80. The van der Waals surface area contributed by atoms with Gasteiger partial charge < -0.3 is 10.1 Å². The zero-order valence-electron chi connectivity index (χ0n) is 15.2. The normalized spacial score (nSPS) is 10.5. The molecule has 3 aromatic rings. The minimum absolute atomic E-state index is 0.0808. The van der Waals surface area contributed by atoms with Crippen molar-refractivity contribution >= 4 is 28.9 Å². The Bertz CT molecular complexity index is 1050. The largest absolute Gasteiger partial charge is 0.457 e. The van der Waals surface area contributed by atoms with Crippen molar-refractivity contribution in [2.45, 2.75) is 20.4 Å². The molecule has 0 aliphatic carbocycles. The number of carbonyl (C=O) groups is 1. The van der Waals surface area contributed by atoms with E-state index in [0.29, 0.717) is 10.8 Å². The molecular formula is C19H17ClN4O4. The number of aryl methyl sites for hydroxylation is 2. The number of benzene rings is 2. The third-order valence-electron chi connectivity index (χ3n) is 3.86. The number of anilines is 1. The summed E-state index contributed by atoms with van der Waals surface area (Å²) in [5.41, 5.74) is 1.94. The molecule has 8 nitrogen and oxygen atoms in total. The molecule has 1 heterocycles. The highest BCUT2D eigenvalue weighted by molar-refractivity contribution is 6.30. The maximum Gasteiger partial charge on any atom is 0.275 e. The second kappa shape index (κ2) is 8.10. The van der Waals surface area contributed by atoms with Crippen molar-refractivity contribution in [2.75, 3.05) is 5.32 Å². The standard InChI is InChI=1S/C19H17ClN4O4/c1-12-3-4-13(2)18(5-12)28-17-7-15(6-16(8-17)24(26)27)22-19(25)11-23-10-14(20)9-21-23/h3-10H,11H2,1-2H3,(H,22,25). The van der Waals surface area contributed by atoms with E-state index in [4.69, 9.17) is 16.3 Å². The van der Waals surface area contributed by atoms with E-state index >= 15 is 0 Å². The number of rotatable bonds is 6. The molecule has 0 atom stereocenters. The second-order valence-corrected chi connectivity index (χ2v) is 6.68. The fourth-order valence-corrected chi connectivity index (χ4v) is 2.69. The third kappa shape index (κ3) is 4.86. The van der Waals surface area contributed by atoms with E-state index in [0.717, 1.165) is 11.1 Å². The zero-order valence-corrected chi connectivity index (χ0v) is 15.9. The molecule has 0 aliphatic heterocycles. The van der Waals surface area contributed by atoms with Crippen molar-refractivity contribution in [1.82, 2.24) is 9.78 Å². The van der Waals surface area contributed by atoms with Gasteiger partial charge in [0.25, 0.3) is 5.69 Å². The van der Waals surface area contributed by atoms with Crippen LogP contribution < -0.4 is 10.1 Å². The molecule has 3 rings (SSSR count). The van der Waals surface area contributed by atoms with Gasteiger partial charge in [0.2, 0.25) is 5.91 Å². The van der Waals surface area contributed by atoms with Gasteiger partial charge in [0, 0.05) is 18.3 Å². The van der Waals surface area contributed by atoms with Gasteiger partial charge in [-0.05, 0) is 31.0 Å². The van der Waals surface area contributed by atoms with Crippen LogP contribution in [0.15, 0.2) is 48.8 Å². The Labute approximate surface area is 165 Å². The molecule has 1 N–H and O–H groups in total. The number of ether oxygens (including phenoxy) is 1. The van der Waals surface area contributed by atoms with Crippen molar-refractivity contribution in [2.24, 2.45) is 0 Å². The SMILES string of the molecule is Cc1ccc(C)c(Oc2cc(NC(=O)Cn3cc(Cl)cn3)cc([N+](=O)[O-])c2)c1. The molecule has 1 amide bonds. The Morgan fingerprint density at radius 2 is 2.07 bits per heavy atom. The number of aromatic nitrogens is 2. The topological polar surface area (TPSA) is 99.3 Å². The average Bonchev–Trinajstić information content (AvgIpc) is 3.02. The van der Waals surface area contributed by atoms with Crippen LogP contribution in [0.4, 0.5) is 11.4 Å². The van der Waals surface area contributed by atoms with Crippen molar-refractivity contribution in [3.63, 3.8) is 0 Å². The molecule has 0 unspecified atom stereocenters. The first-order chi connectivity index (χ1) is 13.3. The summed E-state index contributed by atoms with van der Waals surface area (Å²) in [5.74, 6) is 0.433. The van der Waals surface area contributed by atoms with E-state index in [9.17, 15) is 14.9 Å². The number of amides is 1. The van der Waals surface area contributed by atoms with Gasteiger partial charge in [-0.15, -0.1) is 0 Å². The molecular weight excluding hydrogens is 384 g/mol. The summed E-state index contributed by atoms with van der Waals surface area (Å²) in [5, 5.41) is 18.2. The second-order valence-electron chi connectivity index (χ2n) is 6.25. The first kappa shape index (κ1) is 19.4. The van der Waals surface area contributed by atoms with E-state index in [1.807, 2.05) is 32.0 Å². The van der Waals surface area contributed by atoms with Crippen LogP contribution in [0.1, 0.15) is 11.1 Å². The van der Waals surface area contributed by atoms with Crippen LogP contribution in [0.2, 0.25) is 5.02 Å². The molecule has 0 aliphatic rings. The first-order valence-electron chi connectivity index (χ1n) is 8.32. The highest BCUT2D eigenvalue weighted by atomic mass is 35.5. The Morgan fingerprint density at radius 3 is 2.75 bits per heavy atom. The van der Waals surface area contributed by atoms with Gasteiger partial charge in [0.15, 0.2) is 0 Å². The molecule has 0 spiro atoms. The summed E-state index contributed by atoms with van der Waals surface area (Å²) in [6.45, 7) is 3.72. The van der Waals surface area contributed by atoms with Gasteiger partial charge in [-0.25, -0.2) is 0 Å². The van der Waals surface area contributed by atoms with E-state index in [1.165, 1.54) is 35.3 Å². The molecule has 0 saturated carbocycles. The van der Waals surface area contributed by atoms with Crippen molar-refractivity contribution < 1.29 is 14.5 Å². The molecule has 0 fully saturated rings. The Hall–Kier alpha value is -3.39. The maximum absolute atomic E-state index is 12.2. The lowest BCUT2D eigenvalue weighted by Crippen LogP contribution is -2.19. The number of nitro groups is 1. The summed E-state index contributed by atoms with van der Waals surface area (Å²) in [7, 11) is 0. The lowest BCUT2D eigenvalue weighted by molar-refractivity contribution is -0.384. The Balaban J connectivity index is 1.83. The smallest absolute Gasteiger partial charge is 0.275 e. The molecule has 28 heavy (non-hydrogen) atoms. The molecule has 0 saturated heterocycles. The number of halogens is 1. The molecule has 9 heteroatoms. The van der Waals surface area contributed by atoms with E-state index in [-0.39, 0.29) is 23.7 Å². The van der Waals surface area contributed by atoms with Gasteiger partial charge in [-0.3, -0.25) is 19.6 Å². The molecule has 2 aromatic carbocycles. The summed E-state index contributed by atoms with van der Waals surface area (Å²) in [4.78, 5) is 22.9. The number of nitrogens with zero attached hydrogens (tertiary/aromatic N) is 3. The maximum atomic E-state index is 12.2. The van der Waals surface area contributed by atoms with Crippen molar-refractivity contribution in [1.29, 1.82) is 0 Å². The monoisotopic (exact) mass is 400 g/mol. The third-order valence-corrected chi connectivity index (χ3v) is 4.06. The number of hydrogen-bond donors (Lipinski definition) is 1. The lowest BCUT2D eigenvalue weighted by atomic mass is 10.1. The minimum Gasteiger partial charge on any atom is -0.457 e. The fourth-order valence-electron chi connectivity index (χ4n) is 2.54. The molecule has 1 aromatic heterocycles. The van der Waals surface area contributed by atoms with Gasteiger partial charge in [-0.1, -0.05) is 23.7 Å². The van der Waals surface area contributed by atoms with E-state index in [1.54, 1.807) is 0 Å². The van der Waals surface area contributed by atoms with Gasteiger partial charge in [0.1, 0.15) is 18.0 Å². The van der Waals surface area contributed by atoms with Crippen LogP contribution >= 0.6 is 11.6 Å². The highest BCUT2D eigenvalue weighted by Gasteiger charge is 2.14. The Morgan fingerprint density at radius 1 is 1.29 bits per heavy atom. The van der Waals surface area contributed by atoms with Crippen LogP contribution in [0, 0.1) is 24.0 Å². The number of nitrogens with one attached hydrogen (secondary N) is 1. The summed E-state index contributed by atoms with van der Waals surface area (Å²) in [6.07, 6.45) is 2.92. The number of carbonyl (C=O) groups excluding carboxylic acids is 1. The van der Waals surface area contributed by atoms with Gasteiger partial charge in [0.05, 0.1) is 27.9 Å². The number of non-ortho nitro benzene ring substituents is 1. The average molecular weight is 401 g/mol. The van der Waals surface area contributed by atoms with Crippen LogP contribution in [0.25, 0.3) is 0 Å². The molecule has 144 valence electrons. The van der Waals surface area contributed by atoms with Gasteiger partial charge in [-0.2, -0.15) is 5.10 Å². The molecule has 0 bridgehead atoms. The van der Waals surface area contributed by atoms with Crippen LogP contribution in [0.3, 0.4) is 0 Å². The Kier molecular flexibility index (Phi) is 5.60. The van der Waals surface area contributed by atoms with Crippen LogP contribution in [0.5, 0.6) is 11.5 Å². The number of nitro benzene ring substituents is 1. The predicted molar refractivity (Wildman–Crippen MR) is 105 cm³/mol. The van der Waals surface area contributed by atoms with Crippen LogP contribution in [-0.4, -0.2) is 20.6 Å². The quantitative estimate of drug-likeness (QED) is 0.485. The fraction of sp³-hybridized carbons (Fsp3) is 0.158. The summed E-state index contributed by atoms with van der Waals surface area (Å²) < 4.78 is 7.20. The minimum atomic E-state index is -0.543. The highest BCUT2D eigenvalue weighted by Crippen LogP contribution is 2.31. The van der Waals surface area contributed by atoms with Crippen molar-refractivity contribution in [3.05, 3.63) is 75.1 Å². The van der Waals surface area contributed by atoms with E-state index < -0.39 is 10.8 Å². The first-order valence-corrected chi connectivity index (χ1v) is 8.70. The summed E-state index contributed by atoms with van der Waals surface area (Å²) >= 11 is 5.77. The van der Waals surface area contributed by atoms with Gasteiger partial charge >= 0.3 is 0 Å².